The molecule has 3 rings (SSSR count). The lowest BCUT2D eigenvalue weighted by molar-refractivity contribution is 0.530. The van der Waals surface area contributed by atoms with E-state index in [9.17, 15) is 0 Å². The van der Waals surface area contributed by atoms with Crippen molar-refractivity contribution in [2.45, 2.75) is 18.9 Å². The molecular weight excluding hydrogens is 264 g/mol. The third-order valence-electron chi connectivity index (χ3n) is 3.73. The van der Waals surface area contributed by atoms with Crippen LogP contribution in [-0.4, -0.2) is 33.9 Å². The molecule has 1 fully saturated rings. The fraction of sp³-hybridized carbons (Fsp3) is 0.400. The Balaban J connectivity index is 1.64. The first-order valence-electron chi connectivity index (χ1n) is 7.11. The molecule has 1 saturated heterocycles. The highest BCUT2D eigenvalue weighted by Gasteiger charge is 2.20. The minimum Gasteiger partial charge on any atom is -0.379 e. The van der Waals surface area contributed by atoms with E-state index in [1.54, 1.807) is 12.3 Å². The van der Waals surface area contributed by atoms with E-state index in [2.05, 4.69) is 20.3 Å². The summed E-state index contributed by atoms with van der Waals surface area (Å²) in [5.74, 6) is 0. The number of pyridine rings is 1. The van der Waals surface area contributed by atoms with Gasteiger partial charge in [-0.15, -0.1) is 0 Å². The summed E-state index contributed by atoms with van der Waals surface area (Å²) in [7, 11) is 1.94. The van der Waals surface area contributed by atoms with Gasteiger partial charge < -0.3 is 10.2 Å². The van der Waals surface area contributed by atoms with E-state index in [0.717, 1.165) is 31.6 Å². The van der Waals surface area contributed by atoms with Gasteiger partial charge in [-0.2, -0.15) is 10.4 Å². The highest BCUT2D eigenvalue weighted by Crippen LogP contribution is 2.21. The maximum atomic E-state index is 8.77. The van der Waals surface area contributed by atoms with Crippen molar-refractivity contribution >= 4 is 11.4 Å². The summed E-state index contributed by atoms with van der Waals surface area (Å²) in [5.41, 5.74) is 2.58. The van der Waals surface area contributed by atoms with Gasteiger partial charge in [0.25, 0.3) is 0 Å². The standard InChI is InChI=1S/C15H18N6/c1-20-11-15(9-18-20)21-6-2-3-14(10-21)19-13-5-4-12(7-16)17-8-13/h4-5,8-9,11,14,19H,2-3,6,10H2,1H3/t14-/m0/s1. The first-order chi connectivity index (χ1) is 10.2. The second kappa shape index (κ2) is 5.83. The van der Waals surface area contributed by atoms with E-state index < -0.39 is 0 Å². The molecule has 1 atom stereocenters. The largest absolute Gasteiger partial charge is 0.379 e. The van der Waals surface area contributed by atoms with Gasteiger partial charge >= 0.3 is 0 Å². The average Bonchev–Trinajstić information content (AvgIpc) is 2.95. The predicted octanol–water partition coefficient (Wildman–Crippen LogP) is 1.77. The summed E-state index contributed by atoms with van der Waals surface area (Å²) in [6.07, 6.45) is 7.96. The lowest BCUT2D eigenvalue weighted by Gasteiger charge is -2.34. The van der Waals surface area contributed by atoms with Crippen LogP contribution in [0.4, 0.5) is 11.4 Å². The van der Waals surface area contributed by atoms with Crippen molar-refractivity contribution < 1.29 is 0 Å². The zero-order chi connectivity index (χ0) is 14.7. The number of anilines is 2. The topological polar surface area (TPSA) is 69.8 Å². The third kappa shape index (κ3) is 3.14. The van der Waals surface area contributed by atoms with Gasteiger partial charge in [0.15, 0.2) is 0 Å². The van der Waals surface area contributed by atoms with Crippen LogP contribution in [0.2, 0.25) is 0 Å². The van der Waals surface area contributed by atoms with E-state index >= 15 is 0 Å². The number of piperidine rings is 1. The molecule has 6 nitrogen and oxygen atoms in total. The second-order valence-electron chi connectivity index (χ2n) is 5.35. The van der Waals surface area contributed by atoms with Gasteiger partial charge in [-0.1, -0.05) is 0 Å². The summed E-state index contributed by atoms with van der Waals surface area (Å²) in [6.45, 7) is 2.02. The van der Waals surface area contributed by atoms with Gasteiger partial charge in [-0.05, 0) is 25.0 Å². The molecule has 108 valence electrons. The Morgan fingerprint density at radius 2 is 2.29 bits per heavy atom. The molecule has 0 saturated carbocycles. The molecule has 0 aromatic carbocycles. The fourth-order valence-corrected chi connectivity index (χ4v) is 2.68. The second-order valence-corrected chi connectivity index (χ2v) is 5.35. The average molecular weight is 282 g/mol. The van der Waals surface area contributed by atoms with Crippen LogP contribution in [0.5, 0.6) is 0 Å². The molecule has 0 unspecified atom stereocenters. The number of rotatable bonds is 3. The zero-order valence-electron chi connectivity index (χ0n) is 12.0. The van der Waals surface area contributed by atoms with Gasteiger partial charge in [-0.3, -0.25) is 4.68 Å². The van der Waals surface area contributed by atoms with Crippen molar-refractivity contribution in [3.05, 3.63) is 36.4 Å². The van der Waals surface area contributed by atoms with Crippen LogP contribution in [0, 0.1) is 11.3 Å². The summed E-state index contributed by atoms with van der Waals surface area (Å²) in [5, 5.41) is 16.5. The molecule has 1 aliphatic rings. The van der Waals surface area contributed by atoms with Crippen LogP contribution in [-0.2, 0) is 7.05 Å². The minimum absolute atomic E-state index is 0.383. The van der Waals surface area contributed by atoms with Gasteiger partial charge in [-0.25, -0.2) is 4.98 Å². The maximum Gasteiger partial charge on any atom is 0.140 e. The summed E-state index contributed by atoms with van der Waals surface area (Å²) in [6, 6.07) is 6.07. The van der Waals surface area contributed by atoms with E-state index in [1.807, 2.05) is 36.3 Å². The highest BCUT2D eigenvalue weighted by atomic mass is 15.3. The molecule has 1 N–H and O–H groups in total. The van der Waals surface area contributed by atoms with Crippen molar-refractivity contribution in [1.82, 2.24) is 14.8 Å². The fourth-order valence-electron chi connectivity index (χ4n) is 2.68. The van der Waals surface area contributed by atoms with Crippen LogP contribution in [0.15, 0.2) is 30.7 Å². The quantitative estimate of drug-likeness (QED) is 0.929. The lowest BCUT2D eigenvalue weighted by atomic mass is 10.1. The number of nitriles is 1. The number of hydrogen-bond acceptors (Lipinski definition) is 5. The monoisotopic (exact) mass is 282 g/mol. The molecule has 21 heavy (non-hydrogen) atoms. The predicted molar refractivity (Wildman–Crippen MR) is 81.0 cm³/mol. The third-order valence-corrected chi connectivity index (χ3v) is 3.73. The lowest BCUT2D eigenvalue weighted by Crippen LogP contribution is -2.42. The van der Waals surface area contributed by atoms with Crippen molar-refractivity contribution in [2.75, 3.05) is 23.3 Å². The minimum atomic E-state index is 0.383. The van der Waals surface area contributed by atoms with Gasteiger partial charge in [0, 0.05) is 32.4 Å². The van der Waals surface area contributed by atoms with Crippen molar-refractivity contribution in [2.24, 2.45) is 7.05 Å². The summed E-state index contributed by atoms with van der Waals surface area (Å²) < 4.78 is 1.83. The molecule has 6 heteroatoms. The van der Waals surface area contributed by atoms with Crippen molar-refractivity contribution in [3.8, 4) is 6.07 Å². The maximum absolute atomic E-state index is 8.77. The number of hydrogen-bond donors (Lipinski definition) is 1. The Morgan fingerprint density at radius 1 is 1.38 bits per heavy atom. The molecule has 0 bridgehead atoms. The number of aryl methyl sites for hydroxylation is 1. The molecule has 0 aliphatic carbocycles. The highest BCUT2D eigenvalue weighted by molar-refractivity contribution is 5.47. The van der Waals surface area contributed by atoms with Crippen LogP contribution >= 0.6 is 0 Å². The van der Waals surface area contributed by atoms with Crippen LogP contribution in [0.3, 0.4) is 0 Å². The SMILES string of the molecule is Cn1cc(N2CCC[C@H](Nc3ccc(C#N)nc3)C2)cn1. The number of nitrogens with zero attached hydrogens (tertiary/aromatic N) is 5. The molecule has 0 spiro atoms. The Labute approximate surface area is 124 Å². The number of nitrogens with one attached hydrogen (secondary N) is 1. The number of aromatic nitrogens is 3. The van der Waals surface area contributed by atoms with E-state index in [0.29, 0.717) is 11.7 Å². The first kappa shape index (κ1) is 13.4. The Hall–Kier alpha value is -2.55. The van der Waals surface area contributed by atoms with Crippen molar-refractivity contribution in [1.29, 1.82) is 5.26 Å². The molecule has 0 radical (unpaired) electrons. The molecule has 0 amide bonds. The van der Waals surface area contributed by atoms with E-state index in [1.165, 1.54) is 5.69 Å². The van der Waals surface area contributed by atoms with E-state index in [-0.39, 0.29) is 0 Å². The Kier molecular flexibility index (Phi) is 3.73. The molecule has 2 aromatic heterocycles. The first-order valence-corrected chi connectivity index (χ1v) is 7.11. The van der Waals surface area contributed by atoms with Gasteiger partial charge in [0.1, 0.15) is 11.8 Å². The van der Waals surface area contributed by atoms with E-state index in [4.69, 9.17) is 5.26 Å². The molecule has 2 aromatic rings. The molecular formula is C15H18N6. The van der Waals surface area contributed by atoms with Gasteiger partial charge in [0.05, 0.1) is 23.8 Å². The van der Waals surface area contributed by atoms with Crippen LogP contribution < -0.4 is 10.2 Å². The Bertz CT molecular complexity index is 639. The van der Waals surface area contributed by atoms with Crippen molar-refractivity contribution in [3.63, 3.8) is 0 Å². The summed E-state index contributed by atoms with van der Waals surface area (Å²) >= 11 is 0. The molecule has 1 aliphatic heterocycles. The van der Waals surface area contributed by atoms with Crippen LogP contribution in [0.25, 0.3) is 0 Å². The molecule has 3 heterocycles. The summed E-state index contributed by atoms with van der Waals surface area (Å²) in [4.78, 5) is 6.45. The van der Waals surface area contributed by atoms with Crippen LogP contribution in [0.1, 0.15) is 18.5 Å². The van der Waals surface area contributed by atoms with Gasteiger partial charge in [0.2, 0.25) is 0 Å². The smallest absolute Gasteiger partial charge is 0.140 e. The Morgan fingerprint density at radius 3 is 2.95 bits per heavy atom. The zero-order valence-corrected chi connectivity index (χ0v) is 12.0. The normalized spacial score (nSPS) is 18.3.